The molecule has 2 rings (SSSR count). The molecule has 94 valence electrons. The van der Waals surface area contributed by atoms with E-state index in [4.69, 9.17) is 11.6 Å². The van der Waals surface area contributed by atoms with E-state index in [0.29, 0.717) is 11.6 Å². The van der Waals surface area contributed by atoms with Gasteiger partial charge in [0.05, 0.1) is 11.4 Å². The molecule has 2 nitrogen and oxygen atoms in total. The van der Waals surface area contributed by atoms with Crippen LogP contribution in [0.1, 0.15) is 11.5 Å². The van der Waals surface area contributed by atoms with Crippen LogP contribution in [0.5, 0.6) is 0 Å². The third-order valence-corrected chi connectivity index (χ3v) is 4.49. The van der Waals surface area contributed by atoms with Gasteiger partial charge in [0.1, 0.15) is 5.82 Å². The van der Waals surface area contributed by atoms with Gasteiger partial charge in [-0.3, -0.25) is 0 Å². The first-order valence-electron chi connectivity index (χ1n) is 5.14. The fraction of sp³-hybridized carbons (Fsp3) is 0.167. The highest BCUT2D eigenvalue weighted by molar-refractivity contribution is 9.10. The Hall–Kier alpha value is -0.650. The molecule has 0 fully saturated rings. The molecule has 0 radical (unpaired) electrons. The Labute approximate surface area is 122 Å². The van der Waals surface area contributed by atoms with Gasteiger partial charge in [0.25, 0.3) is 0 Å². The number of aryl methyl sites for hydroxylation is 1. The molecule has 0 saturated carbocycles. The molecule has 0 unspecified atom stereocenters. The van der Waals surface area contributed by atoms with Gasteiger partial charge in [-0.25, -0.2) is 14.4 Å². The quantitative estimate of drug-likeness (QED) is 0.598. The van der Waals surface area contributed by atoms with Crippen LogP contribution < -0.4 is 0 Å². The second-order valence-corrected chi connectivity index (χ2v) is 5.78. The van der Waals surface area contributed by atoms with Crippen LogP contribution in [0.25, 0.3) is 0 Å². The van der Waals surface area contributed by atoms with Crippen molar-refractivity contribution in [2.45, 2.75) is 17.6 Å². The molecule has 0 aliphatic rings. The van der Waals surface area contributed by atoms with Crippen LogP contribution in [0.3, 0.4) is 0 Å². The fourth-order valence-electron chi connectivity index (χ4n) is 1.35. The van der Waals surface area contributed by atoms with E-state index in [1.54, 1.807) is 18.7 Å². The predicted octanol–water partition coefficient (Wildman–Crippen LogP) is 4.63. The van der Waals surface area contributed by atoms with Crippen molar-refractivity contribution >= 4 is 39.3 Å². The van der Waals surface area contributed by atoms with Crippen molar-refractivity contribution in [3.63, 3.8) is 0 Å². The summed E-state index contributed by atoms with van der Waals surface area (Å²) >= 11 is 10.7. The largest absolute Gasteiger partial charge is 0.234 e. The smallest absolute Gasteiger partial charge is 0.181 e. The SMILES string of the molecule is Cc1nc(CSc2ccccc2Br)nc(Cl)c1F. The van der Waals surface area contributed by atoms with Gasteiger partial charge >= 0.3 is 0 Å². The van der Waals surface area contributed by atoms with Crippen molar-refractivity contribution in [2.75, 3.05) is 0 Å². The number of rotatable bonds is 3. The first kappa shape index (κ1) is 13.8. The Kier molecular flexibility index (Phi) is 4.59. The Morgan fingerprint density at radius 1 is 1.33 bits per heavy atom. The highest BCUT2D eigenvalue weighted by Crippen LogP contribution is 2.29. The molecule has 1 aromatic carbocycles. The molecule has 18 heavy (non-hydrogen) atoms. The molecule has 2 aromatic rings. The normalized spacial score (nSPS) is 10.7. The standard InChI is InChI=1S/C12H9BrClFN2S/c1-7-11(15)12(14)17-10(16-7)6-18-9-5-3-2-4-8(9)13/h2-5H,6H2,1H3. The molecule has 0 amide bonds. The van der Waals surface area contributed by atoms with Crippen molar-refractivity contribution in [3.8, 4) is 0 Å². The summed E-state index contributed by atoms with van der Waals surface area (Å²) in [5.41, 5.74) is 0.276. The third-order valence-electron chi connectivity index (χ3n) is 2.22. The summed E-state index contributed by atoms with van der Waals surface area (Å²) < 4.78 is 14.3. The van der Waals surface area contributed by atoms with Crippen molar-refractivity contribution in [1.29, 1.82) is 0 Å². The highest BCUT2D eigenvalue weighted by Gasteiger charge is 2.10. The average molecular weight is 348 g/mol. The lowest BCUT2D eigenvalue weighted by Gasteiger charge is -2.05. The molecular formula is C12H9BrClFN2S. The molecule has 0 atom stereocenters. The first-order valence-corrected chi connectivity index (χ1v) is 7.29. The van der Waals surface area contributed by atoms with Crippen LogP contribution in [-0.2, 0) is 5.75 Å². The maximum Gasteiger partial charge on any atom is 0.181 e. The summed E-state index contributed by atoms with van der Waals surface area (Å²) in [6.45, 7) is 1.58. The van der Waals surface area contributed by atoms with Gasteiger partial charge in [0.15, 0.2) is 11.0 Å². The molecule has 1 aromatic heterocycles. The minimum atomic E-state index is -0.550. The van der Waals surface area contributed by atoms with Crippen molar-refractivity contribution in [2.24, 2.45) is 0 Å². The van der Waals surface area contributed by atoms with Gasteiger partial charge in [-0.15, -0.1) is 11.8 Å². The number of halogens is 3. The van der Waals surface area contributed by atoms with E-state index >= 15 is 0 Å². The maximum atomic E-state index is 13.3. The second kappa shape index (κ2) is 5.99. The van der Waals surface area contributed by atoms with Crippen LogP contribution in [0.4, 0.5) is 4.39 Å². The number of aromatic nitrogens is 2. The first-order chi connectivity index (χ1) is 8.58. The molecule has 0 aliphatic carbocycles. The Bertz CT molecular complexity index is 557. The van der Waals surface area contributed by atoms with E-state index in [1.165, 1.54) is 0 Å². The summed E-state index contributed by atoms with van der Waals surface area (Å²) in [5.74, 6) is 0.523. The van der Waals surface area contributed by atoms with Crippen molar-refractivity contribution in [1.82, 2.24) is 9.97 Å². The number of hydrogen-bond donors (Lipinski definition) is 0. The molecule has 0 bridgehead atoms. The minimum absolute atomic E-state index is 0.120. The number of benzene rings is 1. The van der Waals surface area contributed by atoms with E-state index in [0.717, 1.165) is 9.37 Å². The van der Waals surface area contributed by atoms with Crippen molar-refractivity contribution in [3.05, 3.63) is 51.2 Å². The zero-order valence-electron chi connectivity index (χ0n) is 9.45. The zero-order valence-corrected chi connectivity index (χ0v) is 12.6. The average Bonchev–Trinajstić information content (AvgIpc) is 2.35. The number of nitrogens with zero attached hydrogens (tertiary/aromatic N) is 2. The third kappa shape index (κ3) is 3.22. The number of hydrogen-bond acceptors (Lipinski definition) is 3. The molecule has 0 spiro atoms. The van der Waals surface area contributed by atoms with Crippen LogP contribution in [0, 0.1) is 12.7 Å². The van der Waals surface area contributed by atoms with Crippen LogP contribution >= 0.6 is 39.3 Å². The van der Waals surface area contributed by atoms with Crippen molar-refractivity contribution < 1.29 is 4.39 Å². The lowest BCUT2D eigenvalue weighted by Crippen LogP contribution is -1.99. The topological polar surface area (TPSA) is 25.8 Å². The Morgan fingerprint density at radius 2 is 2.06 bits per heavy atom. The van der Waals surface area contributed by atoms with Gasteiger partial charge in [-0.2, -0.15) is 0 Å². The second-order valence-electron chi connectivity index (χ2n) is 3.55. The Balaban J connectivity index is 2.14. The highest BCUT2D eigenvalue weighted by atomic mass is 79.9. The maximum absolute atomic E-state index is 13.3. The summed E-state index contributed by atoms with van der Waals surface area (Å²) in [6, 6.07) is 7.86. The van der Waals surface area contributed by atoms with Gasteiger partial charge in [0.2, 0.25) is 0 Å². The van der Waals surface area contributed by atoms with Crippen LogP contribution in [0.15, 0.2) is 33.6 Å². The van der Waals surface area contributed by atoms with Crippen LogP contribution in [0.2, 0.25) is 5.15 Å². The monoisotopic (exact) mass is 346 g/mol. The van der Waals surface area contributed by atoms with Gasteiger partial charge < -0.3 is 0 Å². The summed E-state index contributed by atoms with van der Waals surface area (Å²) in [4.78, 5) is 9.08. The molecule has 1 heterocycles. The van der Waals surface area contributed by atoms with E-state index in [2.05, 4.69) is 25.9 Å². The number of thioether (sulfide) groups is 1. The summed E-state index contributed by atoms with van der Waals surface area (Å²) in [5, 5.41) is -0.120. The molecule has 6 heteroatoms. The predicted molar refractivity (Wildman–Crippen MR) is 75.4 cm³/mol. The lowest BCUT2D eigenvalue weighted by atomic mass is 10.4. The van der Waals surface area contributed by atoms with E-state index < -0.39 is 5.82 Å². The Morgan fingerprint density at radius 3 is 2.72 bits per heavy atom. The molecular weight excluding hydrogens is 339 g/mol. The lowest BCUT2D eigenvalue weighted by molar-refractivity contribution is 0.598. The fourth-order valence-corrected chi connectivity index (χ4v) is 3.00. The van der Waals surface area contributed by atoms with Crippen LogP contribution in [-0.4, -0.2) is 9.97 Å². The molecule has 0 saturated heterocycles. The molecule has 0 N–H and O–H groups in total. The van der Waals surface area contributed by atoms with Gasteiger partial charge in [-0.05, 0) is 35.0 Å². The van der Waals surface area contributed by atoms with E-state index in [9.17, 15) is 4.39 Å². The summed E-state index contributed by atoms with van der Waals surface area (Å²) in [6.07, 6.45) is 0. The van der Waals surface area contributed by atoms with Gasteiger partial charge in [0, 0.05) is 9.37 Å². The zero-order chi connectivity index (χ0) is 13.1. The minimum Gasteiger partial charge on any atom is -0.234 e. The summed E-state index contributed by atoms with van der Waals surface area (Å²) in [7, 11) is 0. The van der Waals surface area contributed by atoms with E-state index in [1.807, 2.05) is 24.3 Å². The molecule has 0 aliphatic heterocycles. The van der Waals surface area contributed by atoms with Gasteiger partial charge in [-0.1, -0.05) is 23.7 Å². The van der Waals surface area contributed by atoms with E-state index in [-0.39, 0.29) is 10.8 Å².